The SMILES string of the molecule is Cc1ccc2c(=O)c(OCc3ccccc3C)c(-c3ccc(C(C)(C)C)cc3)oc2c1. The number of benzene rings is 3. The summed E-state index contributed by atoms with van der Waals surface area (Å²) < 4.78 is 12.4. The van der Waals surface area contributed by atoms with Crippen molar-refractivity contribution in [2.75, 3.05) is 0 Å². The first-order chi connectivity index (χ1) is 14.7. The highest BCUT2D eigenvalue weighted by molar-refractivity contribution is 5.82. The third-order valence-electron chi connectivity index (χ3n) is 5.65. The van der Waals surface area contributed by atoms with Crippen molar-refractivity contribution in [3.8, 4) is 17.1 Å². The molecular weight excluding hydrogens is 384 g/mol. The maximum absolute atomic E-state index is 13.4. The zero-order valence-electron chi connectivity index (χ0n) is 18.8. The third kappa shape index (κ3) is 4.27. The van der Waals surface area contributed by atoms with Crippen molar-refractivity contribution in [1.29, 1.82) is 0 Å². The lowest BCUT2D eigenvalue weighted by atomic mass is 9.86. The van der Waals surface area contributed by atoms with Crippen molar-refractivity contribution < 1.29 is 9.15 Å². The standard InChI is InChI=1S/C28H28O3/c1-18-10-15-23-24(16-18)31-26(20-11-13-22(14-12-20)28(3,4)5)27(25(23)29)30-17-21-9-7-6-8-19(21)2/h6-16H,17H2,1-5H3. The first-order valence-corrected chi connectivity index (χ1v) is 10.6. The molecule has 158 valence electrons. The van der Waals surface area contributed by atoms with Crippen LogP contribution in [0, 0.1) is 13.8 Å². The van der Waals surface area contributed by atoms with E-state index in [9.17, 15) is 4.79 Å². The minimum absolute atomic E-state index is 0.0457. The molecule has 0 N–H and O–H groups in total. The van der Waals surface area contributed by atoms with E-state index in [2.05, 4.69) is 32.9 Å². The van der Waals surface area contributed by atoms with Gasteiger partial charge in [-0.1, -0.05) is 75.4 Å². The van der Waals surface area contributed by atoms with E-state index < -0.39 is 0 Å². The zero-order valence-corrected chi connectivity index (χ0v) is 18.8. The van der Waals surface area contributed by atoms with Crippen LogP contribution in [0.2, 0.25) is 0 Å². The molecule has 0 spiro atoms. The predicted molar refractivity (Wildman–Crippen MR) is 127 cm³/mol. The summed E-state index contributed by atoms with van der Waals surface area (Å²) in [5.74, 6) is 0.722. The molecule has 0 amide bonds. The maximum Gasteiger partial charge on any atom is 0.235 e. The van der Waals surface area contributed by atoms with Gasteiger partial charge in [0.1, 0.15) is 12.2 Å². The minimum Gasteiger partial charge on any atom is -0.481 e. The van der Waals surface area contributed by atoms with Gasteiger partial charge in [0.25, 0.3) is 0 Å². The van der Waals surface area contributed by atoms with E-state index in [0.29, 0.717) is 23.3 Å². The Morgan fingerprint density at radius 2 is 1.61 bits per heavy atom. The second kappa shape index (κ2) is 8.07. The quantitative estimate of drug-likeness (QED) is 0.364. The minimum atomic E-state index is -0.148. The van der Waals surface area contributed by atoms with E-state index in [1.807, 2.05) is 68.4 Å². The summed E-state index contributed by atoms with van der Waals surface area (Å²) in [4.78, 5) is 13.4. The lowest BCUT2D eigenvalue weighted by Crippen LogP contribution is -2.12. The van der Waals surface area contributed by atoms with Crippen LogP contribution < -0.4 is 10.2 Å². The smallest absolute Gasteiger partial charge is 0.235 e. The molecule has 1 aromatic heterocycles. The molecule has 0 unspecified atom stereocenters. The molecule has 0 saturated carbocycles. The Balaban J connectivity index is 1.84. The Kier molecular flexibility index (Phi) is 5.45. The van der Waals surface area contributed by atoms with Crippen LogP contribution in [0.1, 0.15) is 43.0 Å². The maximum atomic E-state index is 13.4. The van der Waals surface area contributed by atoms with E-state index in [-0.39, 0.29) is 16.6 Å². The van der Waals surface area contributed by atoms with Gasteiger partial charge in [0.15, 0.2) is 5.76 Å². The lowest BCUT2D eigenvalue weighted by Gasteiger charge is -2.19. The van der Waals surface area contributed by atoms with Gasteiger partial charge in [-0.3, -0.25) is 4.79 Å². The van der Waals surface area contributed by atoms with E-state index in [0.717, 1.165) is 22.3 Å². The topological polar surface area (TPSA) is 39.4 Å². The molecule has 1 heterocycles. The molecule has 0 aliphatic carbocycles. The predicted octanol–water partition coefficient (Wildman–Crippen LogP) is 6.95. The number of hydrogen-bond acceptors (Lipinski definition) is 3. The largest absolute Gasteiger partial charge is 0.481 e. The van der Waals surface area contributed by atoms with Crippen molar-refractivity contribution in [2.24, 2.45) is 0 Å². The number of aryl methyl sites for hydroxylation is 2. The second-order valence-corrected chi connectivity index (χ2v) is 9.13. The van der Waals surface area contributed by atoms with Crippen molar-refractivity contribution in [2.45, 2.75) is 46.6 Å². The van der Waals surface area contributed by atoms with Crippen molar-refractivity contribution in [3.63, 3.8) is 0 Å². The second-order valence-electron chi connectivity index (χ2n) is 9.13. The molecule has 31 heavy (non-hydrogen) atoms. The van der Waals surface area contributed by atoms with Gasteiger partial charge in [-0.25, -0.2) is 0 Å². The molecule has 4 rings (SSSR count). The molecule has 0 saturated heterocycles. The van der Waals surface area contributed by atoms with Gasteiger partial charge in [0.2, 0.25) is 11.2 Å². The Morgan fingerprint density at radius 3 is 2.29 bits per heavy atom. The molecular formula is C28H28O3. The van der Waals surface area contributed by atoms with Crippen molar-refractivity contribution in [3.05, 3.63) is 99.2 Å². The van der Waals surface area contributed by atoms with Crippen molar-refractivity contribution in [1.82, 2.24) is 0 Å². The van der Waals surface area contributed by atoms with Crippen LogP contribution in [0.5, 0.6) is 5.75 Å². The Morgan fingerprint density at radius 1 is 0.903 bits per heavy atom. The molecule has 0 bridgehead atoms. The summed E-state index contributed by atoms with van der Waals surface area (Å²) in [6.07, 6.45) is 0. The summed E-state index contributed by atoms with van der Waals surface area (Å²) in [7, 11) is 0. The summed E-state index contributed by atoms with van der Waals surface area (Å²) in [6.45, 7) is 10.9. The average molecular weight is 413 g/mol. The van der Waals surface area contributed by atoms with Gasteiger partial charge in [-0.2, -0.15) is 0 Å². The fourth-order valence-electron chi connectivity index (χ4n) is 3.65. The molecule has 4 aromatic rings. The lowest BCUT2D eigenvalue weighted by molar-refractivity contribution is 0.297. The molecule has 0 fully saturated rings. The first-order valence-electron chi connectivity index (χ1n) is 10.6. The summed E-state index contributed by atoms with van der Waals surface area (Å²) in [5.41, 5.74) is 5.72. The van der Waals surface area contributed by atoms with Crippen LogP contribution in [-0.4, -0.2) is 0 Å². The summed E-state index contributed by atoms with van der Waals surface area (Å²) >= 11 is 0. The average Bonchev–Trinajstić information content (AvgIpc) is 2.73. The number of rotatable bonds is 4. The fraction of sp³-hybridized carbons (Fsp3) is 0.250. The van der Waals surface area contributed by atoms with E-state index in [1.165, 1.54) is 5.56 Å². The highest BCUT2D eigenvalue weighted by Crippen LogP contribution is 2.33. The third-order valence-corrected chi connectivity index (χ3v) is 5.65. The molecule has 0 aliphatic rings. The van der Waals surface area contributed by atoms with Crippen LogP contribution in [0.15, 0.2) is 75.9 Å². The van der Waals surface area contributed by atoms with Crippen LogP contribution >= 0.6 is 0 Å². The summed E-state index contributed by atoms with van der Waals surface area (Å²) in [6, 6.07) is 21.8. The van der Waals surface area contributed by atoms with Crippen LogP contribution in [0.3, 0.4) is 0 Å². The zero-order chi connectivity index (χ0) is 22.2. The highest BCUT2D eigenvalue weighted by Gasteiger charge is 2.20. The highest BCUT2D eigenvalue weighted by atomic mass is 16.5. The Bertz CT molecular complexity index is 1290. The van der Waals surface area contributed by atoms with Crippen LogP contribution in [-0.2, 0) is 12.0 Å². The van der Waals surface area contributed by atoms with Crippen LogP contribution in [0.25, 0.3) is 22.3 Å². The van der Waals surface area contributed by atoms with Gasteiger partial charge < -0.3 is 9.15 Å². The molecule has 3 nitrogen and oxygen atoms in total. The normalized spacial score (nSPS) is 11.6. The molecule has 0 atom stereocenters. The number of fused-ring (bicyclic) bond motifs is 1. The molecule has 3 heteroatoms. The van der Waals surface area contributed by atoms with Crippen LogP contribution in [0.4, 0.5) is 0 Å². The van der Waals surface area contributed by atoms with Gasteiger partial charge in [0, 0.05) is 5.56 Å². The Hall–Kier alpha value is -3.33. The fourth-order valence-corrected chi connectivity index (χ4v) is 3.65. The van der Waals surface area contributed by atoms with Gasteiger partial charge in [0.05, 0.1) is 5.39 Å². The number of ether oxygens (including phenoxy) is 1. The first kappa shape index (κ1) is 20.9. The number of hydrogen-bond donors (Lipinski definition) is 0. The van der Waals surface area contributed by atoms with Crippen molar-refractivity contribution >= 4 is 11.0 Å². The van der Waals surface area contributed by atoms with E-state index >= 15 is 0 Å². The Labute approximate surface area is 183 Å². The van der Waals surface area contributed by atoms with E-state index in [1.54, 1.807) is 0 Å². The van der Waals surface area contributed by atoms with Gasteiger partial charge >= 0.3 is 0 Å². The monoisotopic (exact) mass is 412 g/mol. The molecule has 0 radical (unpaired) electrons. The van der Waals surface area contributed by atoms with E-state index in [4.69, 9.17) is 9.15 Å². The molecule has 0 aliphatic heterocycles. The molecule has 3 aromatic carbocycles. The van der Waals surface area contributed by atoms with Gasteiger partial charge in [-0.15, -0.1) is 0 Å². The summed E-state index contributed by atoms with van der Waals surface area (Å²) in [5, 5.41) is 0.528. The van der Waals surface area contributed by atoms with Gasteiger partial charge in [-0.05, 0) is 53.6 Å².